The Labute approximate surface area is 108 Å². The summed E-state index contributed by atoms with van der Waals surface area (Å²) >= 11 is 0. The van der Waals surface area contributed by atoms with Gasteiger partial charge in [0.05, 0.1) is 12.7 Å². The first-order valence-electron chi connectivity index (χ1n) is 5.74. The van der Waals surface area contributed by atoms with Crippen molar-refractivity contribution >= 4 is 11.0 Å². The molecule has 3 nitrogen and oxygen atoms in total. The Hall–Kier alpha value is -2.49. The average molecular weight is 258 g/mol. The minimum atomic E-state index is -0.425. The SMILES string of the molecule is COc1ccc(O)c(-c2cc3cccc(F)c3o2)c1. The monoisotopic (exact) mass is 258 g/mol. The molecule has 0 fully saturated rings. The second kappa shape index (κ2) is 4.31. The van der Waals surface area contributed by atoms with E-state index in [9.17, 15) is 9.50 Å². The minimum Gasteiger partial charge on any atom is -0.507 e. The second-order valence-electron chi connectivity index (χ2n) is 4.15. The lowest BCUT2D eigenvalue weighted by Gasteiger charge is -2.04. The van der Waals surface area contributed by atoms with Crippen molar-refractivity contribution in [2.75, 3.05) is 7.11 Å². The van der Waals surface area contributed by atoms with Gasteiger partial charge in [0.2, 0.25) is 0 Å². The Morgan fingerprint density at radius 2 is 2.00 bits per heavy atom. The summed E-state index contributed by atoms with van der Waals surface area (Å²) in [5.74, 6) is 0.622. The average Bonchev–Trinajstić information content (AvgIpc) is 2.84. The van der Waals surface area contributed by atoms with Gasteiger partial charge in [-0.15, -0.1) is 0 Å². The predicted octanol–water partition coefficient (Wildman–Crippen LogP) is 3.95. The Bertz CT molecular complexity index is 746. The van der Waals surface area contributed by atoms with E-state index in [0.717, 1.165) is 0 Å². The van der Waals surface area contributed by atoms with Gasteiger partial charge in [-0.05, 0) is 30.3 Å². The normalized spacial score (nSPS) is 10.8. The molecule has 0 saturated carbocycles. The molecule has 0 unspecified atom stereocenters. The molecule has 1 aromatic heterocycles. The smallest absolute Gasteiger partial charge is 0.170 e. The van der Waals surface area contributed by atoms with E-state index in [4.69, 9.17) is 9.15 Å². The van der Waals surface area contributed by atoms with Crippen molar-refractivity contribution < 1.29 is 18.7 Å². The molecule has 3 aromatic rings. The van der Waals surface area contributed by atoms with E-state index in [1.165, 1.54) is 19.2 Å². The molecule has 0 amide bonds. The van der Waals surface area contributed by atoms with Gasteiger partial charge in [0.1, 0.15) is 17.3 Å². The number of hydrogen-bond donors (Lipinski definition) is 1. The van der Waals surface area contributed by atoms with E-state index >= 15 is 0 Å². The van der Waals surface area contributed by atoms with Crippen LogP contribution in [0.3, 0.4) is 0 Å². The van der Waals surface area contributed by atoms with Gasteiger partial charge in [-0.3, -0.25) is 0 Å². The van der Waals surface area contributed by atoms with Crippen molar-refractivity contribution in [1.29, 1.82) is 0 Å². The molecule has 1 N–H and O–H groups in total. The van der Waals surface area contributed by atoms with E-state index in [-0.39, 0.29) is 11.3 Å². The lowest BCUT2D eigenvalue weighted by atomic mass is 10.1. The van der Waals surface area contributed by atoms with Crippen molar-refractivity contribution in [2.45, 2.75) is 0 Å². The second-order valence-corrected chi connectivity index (χ2v) is 4.15. The van der Waals surface area contributed by atoms with Crippen molar-refractivity contribution in [3.63, 3.8) is 0 Å². The number of para-hydroxylation sites is 1. The largest absolute Gasteiger partial charge is 0.507 e. The van der Waals surface area contributed by atoms with Crippen molar-refractivity contribution in [3.8, 4) is 22.8 Å². The van der Waals surface area contributed by atoms with Crippen LogP contribution < -0.4 is 4.74 Å². The summed E-state index contributed by atoms with van der Waals surface area (Å²) in [6, 6.07) is 11.2. The van der Waals surface area contributed by atoms with Crippen LogP contribution in [0.4, 0.5) is 4.39 Å². The number of halogens is 1. The van der Waals surface area contributed by atoms with Crippen LogP contribution in [0.15, 0.2) is 46.9 Å². The number of benzene rings is 2. The highest BCUT2D eigenvalue weighted by Gasteiger charge is 2.13. The maximum absolute atomic E-state index is 13.6. The molecule has 4 heteroatoms. The molecule has 1 heterocycles. The topological polar surface area (TPSA) is 42.6 Å². The van der Waals surface area contributed by atoms with E-state index in [1.54, 1.807) is 30.3 Å². The maximum atomic E-state index is 13.6. The van der Waals surface area contributed by atoms with E-state index in [1.807, 2.05) is 0 Å². The van der Waals surface area contributed by atoms with Crippen molar-refractivity contribution in [3.05, 3.63) is 48.3 Å². The lowest BCUT2D eigenvalue weighted by Crippen LogP contribution is -1.83. The quantitative estimate of drug-likeness (QED) is 0.756. The Morgan fingerprint density at radius 1 is 1.16 bits per heavy atom. The van der Waals surface area contributed by atoms with Gasteiger partial charge < -0.3 is 14.3 Å². The summed E-state index contributed by atoms with van der Waals surface area (Å²) in [5.41, 5.74) is 0.648. The lowest BCUT2D eigenvalue weighted by molar-refractivity contribution is 0.412. The standard InChI is InChI=1S/C15H11FO3/c1-18-10-5-6-13(17)11(8-10)14-7-9-3-2-4-12(16)15(9)19-14/h2-8,17H,1H3. The highest BCUT2D eigenvalue weighted by Crippen LogP contribution is 2.36. The molecule has 3 rings (SSSR count). The first kappa shape index (κ1) is 11.6. The van der Waals surface area contributed by atoms with Gasteiger partial charge in [-0.2, -0.15) is 0 Å². The van der Waals surface area contributed by atoms with Gasteiger partial charge in [0, 0.05) is 5.39 Å². The van der Waals surface area contributed by atoms with Crippen LogP contribution in [0.25, 0.3) is 22.3 Å². The number of phenols is 1. The van der Waals surface area contributed by atoms with Crippen LogP contribution >= 0.6 is 0 Å². The van der Waals surface area contributed by atoms with Gasteiger partial charge in [-0.1, -0.05) is 12.1 Å². The summed E-state index contributed by atoms with van der Waals surface area (Å²) in [6.07, 6.45) is 0. The minimum absolute atomic E-state index is 0.0558. The van der Waals surface area contributed by atoms with Crippen LogP contribution in [0.1, 0.15) is 0 Å². The van der Waals surface area contributed by atoms with Crippen molar-refractivity contribution in [1.82, 2.24) is 0 Å². The van der Waals surface area contributed by atoms with Crippen LogP contribution in [-0.2, 0) is 0 Å². The molecule has 96 valence electrons. The van der Waals surface area contributed by atoms with Gasteiger partial charge in [-0.25, -0.2) is 4.39 Å². The number of fused-ring (bicyclic) bond motifs is 1. The molecule has 2 aromatic carbocycles. The van der Waals surface area contributed by atoms with E-state index in [2.05, 4.69) is 0 Å². The summed E-state index contributed by atoms with van der Waals surface area (Å²) in [7, 11) is 1.54. The molecule has 0 saturated heterocycles. The summed E-state index contributed by atoms with van der Waals surface area (Å²) < 4.78 is 24.2. The molecule has 0 aliphatic rings. The fourth-order valence-electron chi connectivity index (χ4n) is 2.00. The molecule has 0 atom stereocenters. The highest BCUT2D eigenvalue weighted by molar-refractivity contribution is 5.84. The maximum Gasteiger partial charge on any atom is 0.170 e. The third-order valence-corrected chi connectivity index (χ3v) is 2.97. The first-order valence-corrected chi connectivity index (χ1v) is 5.74. The Morgan fingerprint density at radius 3 is 2.74 bits per heavy atom. The van der Waals surface area contributed by atoms with Gasteiger partial charge in [0.15, 0.2) is 11.4 Å². The summed E-state index contributed by atoms with van der Waals surface area (Å²) in [6.45, 7) is 0. The summed E-state index contributed by atoms with van der Waals surface area (Å²) in [5, 5.41) is 10.5. The molecule has 0 aliphatic heterocycles. The number of furan rings is 1. The fraction of sp³-hybridized carbons (Fsp3) is 0.0667. The van der Waals surface area contributed by atoms with Crippen molar-refractivity contribution in [2.24, 2.45) is 0 Å². The summed E-state index contributed by atoms with van der Waals surface area (Å²) in [4.78, 5) is 0. The third kappa shape index (κ3) is 1.91. The number of rotatable bonds is 2. The van der Waals surface area contributed by atoms with Gasteiger partial charge in [0.25, 0.3) is 0 Å². The van der Waals surface area contributed by atoms with Gasteiger partial charge >= 0.3 is 0 Å². The van der Waals surface area contributed by atoms with Crippen LogP contribution in [0, 0.1) is 5.82 Å². The Kier molecular flexibility index (Phi) is 2.63. The number of phenolic OH excluding ortho intramolecular Hbond substituents is 1. The molecule has 0 bridgehead atoms. The number of methoxy groups -OCH3 is 1. The molecule has 0 spiro atoms. The zero-order valence-corrected chi connectivity index (χ0v) is 10.2. The number of ether oxygens (including phenoxy) is 1. The number of hydrogen-bond acceptors (Lipinski definition) is 3. The first-order chi connectivity index (χ1) is 9.19. The zero-order chi connectivity index (χ0) is 13.4. The van der Waals surface area contributed by atoms with Crippen LogP contribution in [0.2, 0.25) is 0 Å². The van der Waals surface area contributed by atoms with E-state index < -0.39 is 5.82 Å². The molecule has 19 heavy (non-hydrogen) atoms. The van der Waals surface area contributed by atoms with E-state index in [0.29, 0.717) is 22.5 Å². The molecule has 0 radical (unpaired) electrons. The molecular formula is C15H11FO3. The molecular weight excluding hydrogens is 247 g/mol. The zero-order valence-electron chi connectivity index (χ0n) is 10.2. The van der Waals surface area contributed by atoms with Crippen LogP contribution in [-0.4, -0.2) is 12.2 Å². The predicted molar refractivity (Wildman–Crippen MR) is 69.8 cm³/mol. The Balaban J connectivity index is 2.21. The fourth-order valence-corrected chi connectivity index (χ4v) is 2.00. The molecule has 0 aliphatic carbocycles. The van der Waals surface area contributed by atoms with Crippen LogP contribution in [0.5, 0.6) is 11.5 Å². The highest BCUT2D eigenvalue weighted by atomic mass is 19.1. The third-order valence-electron chi connectivity index (χ3n) is 2.97. The number of aromatic hydroxyl groups is 1.